The molecule has 0 atom stereocenters. The number of aryl methyl sites for hydroxylation is 1. The number of nitrogens with zero attached hydrogens (tertiary/aromatic N) is 3. The number of guanidine groups is 1. The maximum Gasteiger partial charge on any atom is 0.252 e. The second-order valence-corrected chi connectivity index (χ2v) is 5.75. The monoisotopic (exact) mass is 467 g/mol. The zero-order chi connectivity index (χ0) is 18.1. The van der Waals surface area contributed by atoms with Gasteiger partial charge in [-0.3, -0.25) is 14.8 Å². The molecule has 0 aliphatic carbocycles. The number of hydrogen-bond donors (Lipinski definition) is 2. The molecule has 7 heteroatoms. The molecule has 0 unspecified atom stereocenters. The van der Waals surface area contributed by atoms with Gasteiger partial charge in [0.1, 0.15) is 0 Å². The van der Waals surface area contributed by atoms with Crippen molar-refractivity contribution in [3.05, 3.63) is 65.5 Å². The molecular weight excluding hydrogens is 441 g/mol. The summed E-state index contributed by atoms with van der Waals surface area (Å²) in [5.74, 6) is 0.664. The number of amides is 1. The molecule has 1 aromatic carbocycles. The first kappa shape index (κ1) is 21.9. The number of halogens is 1. The quantitative estimate of drug-likeness (QED) is 0.297. The summed E-state index contributed by atoms with van der Waals surface area (Å²) in [6.07, 6.45) is 3.20. The zero-order valence-electron chi connectivity index (χ0n) is 15.4. The molecule has 1 amide bonds. The average Bonchev–Trinajstić information content (AvgIpc) is 2.64. The van der Waals surface area contributed by atoms with Crippen LogP contribution in [0.3, 0.4) is 0 Å². The number of pyridine rings is 1. The largest absolute Gasteiger partial charge is 0.354 e. The minimum atomic E-state index is -0.127. The lowest BCUT2D eigenvalue weighted by molar-refractivity contribution is 0.0954. The average molecular weight is 467 g/mol. The van der Waals surface area contributed by atoms with Gasteiger partial charge in [-0.05, 0) is 30.2 Å². The van der Waals surface area contributed by atoms with Gasteiger partial charge in [-0.15, -0.1) is 24.0 Å². The molecule has 0 radical (unpaired) electrons. The van der Waals surface area contributed by atoms with Crippen LogP contribution in [0.25, 0.3) is 0 Å². The Hall–Kier alpha value is -2.16. The van der Waals surface area contributed by atoms with E-state index in [0.717, 1.165) is 12.5 Å². The lowest BCUT2D eigenvalue weighted by atomic mass is 10.1. The van der Waals surface area contributed by atoms with Crippen LogP contribution < -0.4 is 10.6 Å². The molecule has 1 aromatic heterocycles. The topological polar surface area (TPSA) is 69.6 Å². The summed E-state index contributed by atoms with van der Waals surface area (Å²) >= 11 is 0. The number of benzene rings is 1. The Balaban J connectivity index is 0.00000338. The van der Waals surface area contributed by atoms with Gasteiger partial charge in [0, 0.05) is 46.1 Å². The lowest BCUT2D eigenvalue weighted by Gasteiger charge is -2.23. The molecule has 0 aliphatic heterocycles. The van der Waals surface area contributed by atoms with E-state index in [1.54, 1.807) is 31.6 Å². The third-order valence-corrected chi connectivity index (χ3v) is 3.86. The third-order valence-electron chi connectivity index (χ3n) is 3.86. The van der Waals surface area contributed by atoms with Crippen LogP contribution >= 0.6 is 24.0 Å². The molecule has 1 heterocycles. The fourth-order valence-corrected chi connectivity index (χ4v) is 2.45. The van der Waals surface area contributed by atoms with Crippen molar-refractivity contribution in [2.75, 3.05) is 27.2 Å². The molecule has 6 nitrogen and oxygen atoms in total. The number of aromatic nitrogens is 1. The Morgan fingerprint density at radius 1 is 1.15 bits per heavy atom. The van der Waals surface area contributed by atoms with Crippen molar-refractivity contribution in [3.63, 3.8) is 0 Å². The van der Waals surface area contributed by atoms with Gasteiger partial charge in [-0.1, -0.05) is 24.3 Å². The highest BCUT2D eigenvalue weighted by Crippen LogP contribution is 2.09. The van der Waals surface area contributed by atoms with Gasteiger partial charge in [0.25, 0.3) is 5.91 Å². The SMILES string of the molecule is CN=C(NCCNC(=O)c1cccnc1)N(C)Cc1ccccc1C.I. The van der Waals surface area contributed by atoms with Crippen molar-refractivity contribution in [2.45, 2.75) is 13.5 Å². The Morgan fingerprint density at radius 3 is 2.54 bits per heavy atom. The second kappa shape index (κ2) is 11.5. The van der Waals surface area contributed by atoms with Gasteiger partial charge in [0.15, 0.2) is 5.96 Å². The van der Waals surface area contributed by atoms with Crippen LogP contribution in [-0.4, -0.2) is 48.9 Å². The second-order valence-electron chi connectivity index (χ2n) is 5.75. The molecule has 0 saturated carbocycles. The molecule has 0 bridgehead atoms. The Bertz CT molecular complexity index is 721. The van der Waals surface area contributed by atoms with E-state index in [9.17, 15) is 4.79 Å². The fourth-order valence-electron chi connectivity index (χ4n) is 2.45. The first-order valence-electron chi connectivity index (χ1n) is 8.26. The summed E-state index contributed by atoms with van der Waals surface area (Å²) in [6, 6.07) is 11.8. The first-order valence-corrected chi connectivity index (χ1v) is 8.26. The van der Waals surface area contributed by atoms with Gasteiger partial charge in [-0.2, -0.15) is 0 Å². The highest BCUT2D eigenvalue weighted by atomic mass is 127. The summed E-state index contributed by atoms with van der Waals surface area (Å²) in [7, 11) is 3.75. The molecule has 0 spiro atoms. The van der Waals surface area contributed by atoms with Crippen LogP contribution in [0, 0.1) is 6.92 Å². The highest BCUT2D eigenvalue weighted by Gasteiger charge is 2.08. The van der Waals surface area contributed by atoms with Crippen LogP contribution in [0.15, 0.2) is 53.8 Å². The normalized spacial score (nSPS) is 10.7. The van der Waals surface area contributed by atoms with Crippen molar-refractivity contribution in [2.24, 2.45) is 4.99 Å². The van der Waals surface area contributed by atoms with Crippen LogP contribution in [0.2, 0.25) is 0 Å². The molecule has 140 valence electrons. The van der Waals surface area contributed by atoms with E-state index in [4.69, 9.17) is 0 Å². The van der Waals surface area contributed by atoms with Gasteiger partial charge >= 0.3 is 0 Å². The predicted molar refractivity (Wildman–Crippen MR) is 116 cm³/mol. The smallest absolute Gasteiger partial charge is 0.252 e. The van der Waals surface area contributed by atoms with Gasteiger partial charge in [-0.25, -0.2) is 0 Å². The van der Waals surface area contributed by atoms with E-state index in [1.807, 2.05) is 19.2 Å². The van der Waals surface area contributed by atoms with E-state index in [-0.39, 0.29) is 29.9 Å². The first-order chi connectivity index (χ1) is 12.1. The summed E-state index contributed by atoms with van der Waals surface area (Å²) in [5, 5.41) is 6.12. The fraction of sp³-hybridized carbons (Fsp3) is 0.316. The number of nitrogens with one attached hydrogen (secondary N) is 2. The summed E-state index contributed by atoms with van der Waals surface area (Å²) in [6.45, 7) is 3.98. The van der Waals surface area contributed by atoms with Crippen LogP contribution in [0.5, 0.6) is 0 Å². The van der Waals surface area contributed by atoms with Crippen molar-refractivity contribution >= 4 is 35.8 Å². The van der Waals surface area contributed by atoms with Crippen molar-refractivity contribution in [3.8, 4) is 0 Å². The number of hydrogen-bond acceptors (Lipinski definition) is 3. The Morgan fingerprint density at radius 2 is 1.88 bits per heavy atom. The lowest BCUT2D eigenvalue weighted by Crippen LogP contribution is -2.42. The molecular formula is C19H26IN5O. The molecule has 2 N–H and O–H groups in total. The number of carbonyl (C=O) groups is 1. The molecule has 0 aliphatic rings. The van der Waals surface area contributed by atoms with E-state index >= 15 is 0 Å². The van der Waals surface area contributed by atoms with Gasteiger partial charge < -0.3 is 15.5 Å². The van der Waals surface area contributed by atoms with Gasteiger partial charge in [0.2, 0.25) is 0 Å². The summed E-state index contributed by atoms with van der Waals surface area (Å²) < 4.78 is 0. The minimum Gasteiger partial charge on any atom is -0.354 e. The van der Waals surface area contributed by atoms with Crippen LogP contribution in [-0.2, 0) is 6.54 Å². The maximum absolute atomic E-state index is 12.0. The van der Waals surface area contributed by atoms with E-state index < -0.39 is 0 Å². The molecule has 26 heavy (non-hydrogen) atoms. The zero-order valence-corrected chi connectivity index (χ0v) is 17.7. The van der Waals surface area contributed by atoms with E-state index in [1.165, 1.54) is 11.1 Å². The van der Waals surface area contributed by atoms with Crippen LogP contribution in [0.4, 0.5) is 0 Å². The highest BCUT2D eigenvalue weighted by molar-refractivity contribution is 14.0. The van der Waals surface area contributed by atoms with E-state index in [2.05, 4.69) is 44.6 Å². The standard InChI is InChI=1S/C19H25N5O.HI/c1-15-7-4-5-8-17(15)14-24(3)19(20-2)23-12-11-22-18(25)16-9-6-10-21-13-16;/h4-10,13H,11-12,14H2,1-3H3,(H,20,23)(H,22,25);1H. The van der Waals surface area contributed by atoms with Crippen LogP contribution in [0.1, 0.15) is 21.5 Å². The molecule has 2 aromatic rings. The molecule has 0 fully saturated rings. The van der Waals surface area contributed by atoms with E-state index in [0.29, 0.717) is 18.7 Å². The molecule has 2 rings (SSSR count). The van der Waals surface area contributed by atoms with Gasteiger partial charge in [0.05, 0.1) is 5.56 Å². The Labute approximate surface area is 172 Å². The molecule has 0 saturated heterocycles. The number of rotatable bonds is 6. The summed E-state index contributed by atoms with van der Waals surface area (Å²) in [5.41, 5.74) is 3.08. The predicted octanol–water partition coefficient (Wildman–Crippen LogP) is 2.45. The van der Waals surface area contributed by atoms with Crippen molar-refractivity contribution < 1.29 is 4.79 Å². The number of carbonyl (C=O) groups excluding carboxylic acids is 1. The van der Waals surface area contributed by atoms with Crippen molar-refractivity contribution in [1.82, 2.24) is 20.5 Å². The van der Waals surface area contributed by atoms with Crippen molar-refractivity contribution in [1.29, 1.82) is 0 Å². The maximum atomic E-state index is 12.0. The number of aliphatic imine (C=N–C) groups is 1. The third kappa shape index (κ3) is 6.62. The summed E-state index contributed by atoms with van der Waals surface area (Å²) in [4.78, 5) is 22.3. The minimum absolute atomic E-state index is 0. The Kier molecular flexibility index (Phi) is 9.64.